The van der Waals surface area contributed by atoms with Crippen molar-refractivity contribution in [1.82, 2.24) is 9.88 Å². The lowest BCUT2D eigenvalue weighted by atomic mass is 10.1. The molecule has 7 heteroatoms. The fourth-order valence-electron chi connectivity index (χ4n) is 3.12. The third kappa shape index (κ3) is 6.13. The molecule has 0 aliphatic heterocycles. The smallest absolute Gasteiger partial charge is 0.257 e. The molecule has 1 aromatic heterocycles. The summed E-state index contributed by atoms with van der Waals surface area (Å²) in [4.78, 5) is 31.2. The number of methoxy groups -OCH3 is 1. The summed E-state index contributed by atoms with van der Waals surface area (Å²) in [7, 11) is 1.59. The van der Waals surface area contributed by atoms with Crippen molar-refractivity contribution in [3.05, 3.63) is 89.7 Å². The average Bonchev–Trinajstić information content (AvgIpc) is 2.82. The van der Waals surface area contributed by atoms with Gasteiger partial charge in [-0.2, -0.15) is 0 Å². The number of nitrogens with one attached hydrogen (secondary N) is 1. The minimum atomic E-state index is -0.237. The number of aromatic nitrogens is 1. The molecule has 0 radical (unpaired) electrons. The van der Waals surface area contributed by atoms with E-state index in [1.54, 1.807) is 54.6 Å². The minimum absolute atomic E-state index is 0.0825. The number of hydrogen-bond acceptors (Lipinski definition) is 5. The molecule has 0 unspecified atom stereocenters. The number of hydrogen-bond donors (Lipinski definition) is 2. The van der Waals surface area contributed by atoms with Crippen LogP contribution in [0.5, 0.6) is 5.75 Å². The lowest BCUT2D eigenvalue weighted by Gasteiger charge is -2.23. The first-order valence-electron chi connectivity index (χ1n) is 10.0. The van der Waals surface area contributed by atoms with Crippen LogP contribution in [0.1, 0.15) is 32.7 Å². The van der Waals surface area contributed by atoms with Gasteiger partial charge in [0.15, 0.2) is 0 Å². The van der Waals surface area contributed by atoms with Gasteiger partial charge in [-0.3, -0.25) is 14.6 Å². The van der Waals surface area contributed by atoms with Gasteiger partial charge in [0.2, 0.25) is 0 Å². The van der Waals surface area contributed by atoms with E-state index in [2.05, 4.69) is 10.3 Å². The predicted octanol–water partition coefficient (Wildman–Crippen LogP) is 3.33. The SMILES string of the molecule is COc1ccc(C(=O)N(CCCN)Cc2cccc(NC(=O)c3cccnc3)c2)cc1. The van der Waals surface area contributed by atoms with E-state index in [1.807, 2.05) is 24.3 Å². The number of ether oxygens (including phenoxy) is 1. The number of nitrogens with zero attached hydrogens (tertiary/aromatic N) is 2. The van der Waals surface area contributed by atoms with Gasteiger partial charge < -0.3 is 20.7 Å². The summed E-state index contributed by atoms with van der Waals surface area (Å²) in [6.07, 6.45) is 3.83. The van der Waals surface area contributed by atoms with E-state index in [1.165, 1.54) is 6.20 Å². The molecule has 2 aromatic carbocycles. The predicted molar refractivity (Wildman–Crippen MR) is 120 cm³/mol. The third-order valence-corrected chi connectivity index (χ3v) is 4.74. The number of benzene rings is 2. The van der Waals surface area contributed by atoms with E-state index in [0.29, 0.717) is 48.6 Å². The highest BCUT2D eigenvalue weighted by Crippen LogP contribution is 2.17. The molecular formula is C24H26N4O3. The van der Waals surface area contributed by atoms with Crippen LogP contribution in [-0.2, 0) is 6.54 Å². The van der Waals surface area contributed by atoms with Gasteiger partial charge in [0, 0.05) is 36.7 Å². The number of carbonyl (C=O) groups excluding carboxylic acids is 2. The molecular weight excluding hydrogens is 392 g/mol. The lowest BCUT2D eigenvalue weighted by molar-refractivity contribution is 0.0742. The summed E-state index contributed by atoms with van der Waals surface area (Å²) in [6.45, 7) is 1.43. The Kier molecular flexibility index (Phi) is 7.73. The Labute approximate surface area is 181 Å². The summed E-state index contributed by atoms with van der Waals surface area (Å²) in [5.41, 5.74) is 8.30. The van der Waals surface area contributed by atoms with Crippen molar-refractivity contribution in [2.75, 3.05) is 25.5 Å². The van der Waals surface area contributed by atoms with Crippen LogP contribution >= 0.6 is 0 Å². The summed E-state index contributed by atoms with van der Waals surface area (Å²) in [6, 6.07) is 17.9. The first kappa shape index (κ1) is 22.0. The second-order valence-electron chi connectivity index (χ2n) is 6.99. The molecule has 0 atom stereocenters. The van der Waals surface area contributed by atoms with E-state index in [0.717, 1.165) is 5.56 Å². The van der Waals surface area contributed by atoms with Crippen LogP contribution < -0.4 is 15.8 Å². The van der Waals surface area contributed by atoms with Crippen LogP contribution in [0, 0.1) is 0 Å². The molecule has 1 heterocycles. The van der Waals surface area contributed by atoms with Crippen LogP contribution in [0.25, 0.3) is 0 Å². The summed E-state index contributed by atoms with van der Waals surface area (Å²) < 4.78 is 5.17. The zero-order valence-electron chi connectivity index (χ0n) is 17.5. The van der Waals surface area contributed by atoms with E-state index < -0.39 is 0 Å². The Balaban J connectivity index is 1.74. The lowest BCUT2D eigenvalue weighted by Crippen LogP contribution is -2.32. The molecule has 31 heavy (non-hydrogen) atoms. The van der Waals surface area contributed by atoms with Gasteiger partial charge in [-0.15, -0.1) is 0 Å². The Morgan fingerprint density at radius 1 is 1.06 bits per heavy atom. The van der Waals surface area contributed by atoms with Crippen LogP contribution in [0.2, 0.25) is 0 Å². The zero-order valence-corrected chi connectivity index (χ0v) is 17.5. The van der Waals surface area contributed by atoms with Gasteiger partial charge in [0.1, 0.15) is 5.75 Å². The highest BCUT2D eigenvalue weighted by atomic mass is 16.5. The molecule has 0 saturated heterocycles. The Hall–Kier alpha value is -3.71. The Bertz CT molecular complexity index is 1010. The number of amides is 2. The molecule has 2 amide bonds. The molecule has 3 aromatic rings. The second-order valence-corrected chi connectivity index (χ2v) is 6.99. The highest BCUT2D eigenvalue weighted by Gasteiger charge is 2.16. The van der Waals surface area contributed by atoms with Crippen molar-refractivity contribution in [3.8, 4) is 5.75 Å². The van der Waals surface area contributed by atoms with Crippen molar-refractivity contribution in [2.45, 2.75) is 13.0 Å². The molecule has 3 N–H and O–H groups in total. The Morgan fingerprint density at radius 2 is 1.87 bits per heavy atom. The second kappa shape index (κ2) is 10.9. The standard InChI is InChI=1S/C24H26N4O3/c1-31-22-10-8-19(9-11-22)24(30)28(14-4-12-25)17-18-5-2-7-21(15-18)27-23(29)20-6-3-13-26-16-20/h2-3,5-11,13,15-16H,4,12,14,17,25H2,1H3,(H,27,29). The molecule has 0 spiro atoms. The van der Waals surface area contributed by atoms with Crippen molar-refractivity contribution in [3.63, 3.8) is 0 Å². The normalized spacial score (nSPS) is 10.4. The molecule has 0 bridgehead atoms. The molecule has 3 rings (SSSR count). The number of nitrogens with two attached hydrogens (primary N) is 1. The summed E-state index contributed by atoms with van der Waals surface area (Å²) in [5.74, 6) is 0.377. The molecule has 0 aliphatic rings. The average molecular weight is 418 g/mol. The number of anilines is 1. The molecule has 0 saturated carbocycles. The van der Waals surface area contributed by atoms with Crippen molar-refractivity contribution < 1.29 is 14.3 Å². The Morgan fingerprint density at radius 3 is 2.55 bits per heavy atom. The van der Waals surface area contributed by atoms with Gasteiger partial charge in [-0.25, -0.2) is 0 Å². The zero-order chi connectivity index (χ0) is 22.1. The largest absolute Gasteiger partial charge is 0.497 e. The molecule has 0 aliphatic carbocycles. The number of rotatable bonds is 9. The topological polar surface area (TPSA) is 97.5 Å². The van der Waals surface area contributed by atoms with Crippen LogP contribution in [0.3, 0.4) is 0 Å². The van der Waals surface area contributed by atoms with E-state index in [-0.39, 0.29) is 11.8 Å². The van der Waals surface area contributed by atoms with Gasteiger partial charge in [-0.05, 0) is 67.1 Å². The van der Waals surface area contributed by atoms with Crippen molar-refractivity contribution >= 4 is 17.5 Å². The monoisotopic (exact) mass is 418 g/mol. The van der Waals surface area contributed by atoms with Crippen molar-refractivity contribution in [2.24, 2.45) is 5.73 Å². The maximum Gasteiger partial charge on any atom is 0.257 e. The van der Waals surface area contributed by atoms with Crippen molar-refractivity contribution in [1.29, 1.82) is 0 Å². The van der Waals surface area contributed by atoms with Crippen LogP contribution in [0.15, 0.2) is 73.1 Å². The summed E-state index contributed by atoms with van der Waals surface area (Å²) >= 11 is 0. The number of pyridine rings is 1. The minimum Gasteiger partial charge on any atom is -0.497 e. The molecule has 7 nitrogen and oxygen atoms in total. The number of carbonyl (C=O) groups is 2. The summed E-state index contributed by atoms with van der Waals surface area (Å²) in [5, 5.41) is 2.87. The van der Waals surface area contributed by atoms with Gasteiger partial charge in [0.05, 0.1) is 12.7 Å². The molecule has 160 valence electrons. The van der Waals surface area contributed by atoms with Crippen LogP contribution in [-0.4, -0.2) is 41.9 Å². The third-order valence-electron chi connectivity index (χ3n) is 4.74. The van der Waals surface area contributed by atoms with E-state index in [4.69, 9.17) is 10.5 Å². The first-order valence-corrected chi connectivity index (χ1v) is 10.0. The molecule has 0 fully saturated rings. The fraction of sp³-hybridized carbons (Fsp3) is 0.208. The van der Waals surface area contributed by atoms with Crippen LogP contribution in [0.4, 0.5) is 5.69 Å². The van der Waals surface area contributed by atoms with E-state index >= 15 is 0 Å². The maximum atomic E-state index is 13.1. The highest BCUT2D eigenvalue weighted by molar-refractivity contribution is 6.04. The quantitative estimate of drug-likeness (QED) is 0.555. The van der Waals surface area contributed by atoms with Gasteiger partial charge >= 0.3 is 0 Å². The van der Waals surface area contributed by atoms with E-state index in [9.17, 15) is 9.59 Å². The fourth-order valence-corrected chi connectivity index (χ4v) is 3.12. The van der Waals surface area contributed by atoms with Gasteiger partial charge in [-0.1, -0.05) is 12.1 Å². The first-order chi connectivity index (χ1) is 15.1. The maximum absolute atomic E-state index is 13.1. The van der Waals surface area contributed by atoms with Gasteiger partial charge in [0.25, 0.3) is 11.8 Å².